The number of aliphatic hydroxyl groups is 8. The summed E-state index contributed by atoms with van der Waals surface area (Å²) in [5.41, 5.74) is 9.03. The number of amides is 3. The highest BCUT2D eigenvalue weighted by Crippen LogP contribution is 2.12. The summed E-state index contributed by atoms with van der Waals surface area (Å²) in [5, 5.41) is 84.9. The molecule has 54 heavy (non-hydrogen) atoms. The fourth-order valence-corrected chi connectivity index (χ4v) is 4.02. The van der Waals surface area contributed by atoms with Crippen LogP contribution in [0.3, 0.4) is 0 Å². The summed E-state index contributed by atoms with van der Waals surface area (Å²) in [6.07, 6.45) is -16.6. The first-order valence-electron chi connectivity index (χ1n) is 17.4. The molecule has 0 aliphatic carbocycles. The maximum Gasteiger partial charge on any atom is 0.407 e. The molecule has 0 rings (SSSR count). The second-order valence-corrected chi connectivity index (χ2v) is 14.2. The first-order valence-corrected chi connectivity index (χ1v) is 17.4. The molecule has 0 aliphatic rings. The Hall–Kier alpha value is -3.38. The Morgan fingerprint density at radius 3 is 1.28 bits per heavy atom. The van der Waals surface area contributed by atoms with Gasteiger partial charge in [-0.3, -0.25) is 24.0 Å². The molecule has 21 nitrogen and oxygen atoms in total. The van der Waals surface area contributed by atoms with Gasteiger partial charge in [0.15, 0.2) is 23.8 Å². The van der Waals surface area contributed by atoms with Gasteiger partial charge in [0.1, 0.15) is 47.8 Å². The van der Waals surface area contributed by atoms with Crippen LogP contribution in [0.2, 0.25) is 0 Å². The smallest absolute Gasteiger partial charge is 0.407 e. The molecule has 3 amide bonds. The highest BCUT2D eigenvalue weighted by molar-refractivity contribution is 5.85. The lowest BCUT2D eigenvalue weighted by Gasteiger charge is -2.25. The van der Waals surface area contributed by atoms with E-state index in [-0.39, 0.29) is 64.8 Å². The summed E-state index contributed by atoms with van der Waals surface area (Å²) >= 11 is 0. The summed E-state index contributed by atoms with van der Waals surface area (Å²) in [5.74, 6) is -4.03. The van der Waals surface area contributed by atoms with E-state index in [9.17, 15) is 69.6 Å². The highest BCUT2D eigenvalue weighted by Gasteiger charge is 2.38. The second kappa shape index (κ2) is 26.4. The molecule has 0 saturated heterocycles. The van der Waals surface area contributed by atoms with Crippen LogP contribution in [0.15, 0.2) is 0 Å². The molecule has 0 aromatic carbocycles. The van der Waals surface area contributed by atoms with E-state index in [1.807, 2.05) is 0 Å². The molecule has 0 saturated carbocycles. The van der Waals surface area contributed by atoms with Crippen molar-refractivity contribution in [2.45, 2.75) is 140 Å². The Morgan fingerprint density at radius 2 is 0.870 bits per heavy atom. The minimum atomic E-state index is -2.13. The van der Waals surface area contributed by atoms with Crippen LogP contribution in [-0.2, 0) is 33.4 Å². The number of ether oxygens (including phenoxy) is 2. The van der Waals surface area contributed by atoms with Gasteiger partial charge in [0.2, 0.25) is 0 Å². The van der Waals surface area contributed by atoms with Crippen LogP contribution < -0.4 is 27.4 Å². The van der Waals surface area contributed by atoms with Crippen molar-refractivity contribution in [2.24, 2.45) is 11.5 Å². The number of hydrogen-bond donors (Lipinski definition) is 13. The first kappa shape index (κ1) is 52.7. The molecule has 0 bridgehead atoms. The molecule has 0 unspecified atom stereocenters. The van der Waals surface area contributed by atoms with Crippen molar-refractivity contribution in [3.8, 4) is 0 Å². The number of carbonyl (C=O) groups excluding carboxylic acids is 6. The summed E-state index contributed by atoms with van der Waals surface area (Å²) in [6, 6.07) is 0. The molecule has 15 N–H and O–H groups in total. The lowest BCUT2D eigenvalue weighted by atomic mass is 9.97. The van der Waals surface area contributed by atoms with Crippen LogP contribution in [-0.4, -0.2) is 169 Å². The van der Waals surface area contributed by atoms with Crippen molar-refractivity contribution in [3.63, 3.8) is 0 Å². The third-order valence-corrected chi connectivity index (χ3v) is 6.81. The van der Waals surface area contributed by atoms with E-state index in [2.05, 4.69) is 16.0 Å². The van der Waals surface area contributed by atoms with Crippen LogP contribution in [0.1, 0.15) is 80.1 Å². The van der Waals surface area contributed by atoms with Crippen molar-refractivity contribution in [1.29, 1.82) is 0 Å². The van der Waals surface area contributed by atoms with E-state index >= 15 is 0 Å². The fourth-order valence-electron chi connectivity index (χ4n) is 4.02. The van der Waals surface area contributed by atoms with Gasteiger partial charge in [0.05, 0.1) is 0 Å². The molecule has 0 aromatic rings. The lowest BCUT2D eigenvalue weighted by molar-refractivity contribution is -0.155. The molecule has 0 spiro atoms. The standard InChI is InChI=1S/C22H40N2O10.C11H23N3O6/c1-21(2,3)33-14(26)10-8-11-23-19(31)18(30)17(29)16(28)15(27)13(25)9-7-12-24-20(32)34-22(4,5)6;12-3-1-2-6(15)7(16)8(17)9(18)10(19)11(20)14-5-4-13/h15-18,27-30H,7-12H2,1-6H3,(H,23,31)(H,24,32);7-10,16-19H,1-5,12-13H2,(H,14,20)/t15-,16+,17+,18-;7-,8+,9+,10-/m00/s1. The number of Topliss-reactive ketones (excluding diaryl/α,β-unsaturated/α-hetero) is 2. The topological polar surface area (TPSA) is 371 Å². The molecule has 21 heteroatoms. The first-order chi connectivity index (χ1) is 24.8. The number of carbonyl (C=O) groups is 6. The van der Waals surface area contributed by atoms with E-state index in [1.165, 1.54) is 0 Å². The van der Waals surface area contributed by atoms with Crippen LogP contribution in [0.5, 0.6) is 0 Å². The van der Waals surface area contributed by atoms with Crippen molar-refractivity contribution in [3.05, 3.63) is 0 Å². The number of hydrogen-bond acceptors (Lipinski definition) is 18. The molecule has 0 aromatic heterocycles. The van der Waals surface area contributed by atoms with Gasteiger partial charge in [-0.2, -0.15) is 0 Å². The van der Waals surface area contributed by atoms with Crippen LogP contribution in [0.4, 0.5) is 4.79 Å². The minimum absolute atomic E-state index is 0.00984. The molecule has 0 fully saturated rings. The zero-order chi connectivity index (χ0) is 42.4. The predicted molar refractivity (Wildman–Crippen MR) is 190 cm³/mol. The number of nitrogens with one attached hydrogen (secondary N) is 3. The number of esters is 1. The van der Waals surface area contributed by atoms with Gasteiger partial charge >= 0.3 is 12.1 Å². The van der Waals surface area contributed by atoms with E-state index < -0.39 is 95.5 Å². The molecule has 316 valence electrons. The third kappa shape index (κ3) is 23.4. The maximum atomic E-state index is 12.0. The van der Waals surface area contributed by atoms with Crippen LogP contribution in [0, 0.1) is 0 Å². The van der Waals surface area contributed by atoms with Crippen molar-refractivity contribution >= 4 is 35.4 Å². The quantitative estimate of drug-likeness (QED) is 0.0342. The van der Waals surface area contributed by atoms with Crippen molar-refractivity contribution in [2.75, 3.05) is 32.7 Å². The summed E-state index contributed by atoms with van der Waals surface area (Å²) in [6.45, 7) is 10.7. The van der Waals surface area contributed by atoms with Gasteiger partial charge in [-0.1, -0.05) is 0 Å². The van der Waals surface area contributed by atoms with Crippen molar-refractivity contribution < 1.29 is 79.1 Å². The lowest BCUT2D eigenvalue weighted by Crippen LogP contribution is -2.53. The molecule has 0 heterocycles. The number of nitrogens with two attached hydrogens (primary N) is 2. The molecule has 0 aliphatic heterocycles. The minimum Gasteiger partial charge on any atom is -0.460 e. The zero-order valence-electron chi connectivity index (χ0n) is 31.9. The second-order valence-electron chi connectivity index (χ2n) is 14.2. The Labute approximate surface area is 314 Å². The summed E-state index contributed by atoms with van der Waals surface area (Å²) in [7, 11) is 0. The molecule has 0 radical (unpaired) electrons. The summed E-state index contributed by atoms with van der Waals surface area (Å²) in [4.78, 5) is 69.9. The Bertz CT molecular complexity index is 1070. The zero-order valence-corrected chi connectivity index (χ0v) is 31.9. The van der Waals surface area contributed by atoms with Gasteiger partial charge in [-0.25, -0.2) is 4.79 Å². The van der Waals surface area contributed by atoms with E-state index in [1.54, 1.807) is 41.5 Å². The fraction of sp³-hybridized carbons (Fsp3) is 0.818. The highest BCUT2D eigenvalue weighted by atomic mass is 16.6. The monoisotopic (exact) mass is 785 g/mol. The van der Waals surface area contributed by atoms with E-state index in [4.69, 9.17) is 20.9 Å². The van der Waals surface area contributed by atoms with Gasteiger partial charge in [0.25, 0.3) is 11.8 Å². The van der Waals surface area contributed by atoms with Gasteiger partial charge in [0, 0.05) is 45.4 Å². The average Bonchev–Trinajstić information content (AvgIpc) is 3.08. The molecular weight excluding hydrogens is 722 g/mol. The van der Waals surface area contributed by atoms with Crippen LogP contribution in [0.25, 0.3) is 0 Å². The Kier molecular flexibility index (Phi) is 25.8. The molecule has 8 atom stereocenters. The van der Waals surface area contributed by atoms with Gasteiger partial charge in [-0.15, -0.1) is 0 Å². The number of ketones is 2. The average molecular weight is 786 g/mol. The van der Waals surface area contributed by atoms with E-state index in [0.717, 1.165) is 0 Å². The van der Waals surface area contributed by atoms with Crippen molar-refractivity contribution in [1.82, 2.24) is 16.0 Å². The van der Waals surface area contributed by atoms with Crippen LogP contribution >= 0.6 is 0 Å². The maximum absolute atomic E-state index is 12.0. The molecular formula is C33H63N5O16. The predicted octanol–water partition coefficient (Wildman–Crippen LogP) is -4.65. The third-order valence-electron chi connectivity index (χ3n) is 6.81. The Morgan fingerprint density at radius 1 is 0.500 bits per heavy atom. The number of alkyl carbamates (subject to hydrolysis) is 1. The number of aliphatic hydroxyl groups excluding tert-OH is 8. The van der Waals surface area contributed by atoms with E-state index in [0.29, 0.717) is 6.42 Å². The Balaban J connectivity index is 0. The number of rotatable bonds is 23. The summed E-state index contributed by atoms with van der Waals surface area (Å²) < 4.78 is 10.1. The SMILES string of the molecule is CC(C)(C)OC(=O)CCCNC(=O)[C@@H](O)[C@H](O)[C@H](O)[C@@H](O)C(=O)CCCNC(=O)OC(C)(C)C.NCCCC(=O)[C@H](O)[C@@H](O)[C@@H](O)[C@H](O)C(=O)NCCN. The van der Waals surface area contributed by atoms with Gasteiger partial charge in [-0.05, 0) is 67.3 Å². The van der Waals surface area contributed by atoms with Gasteiger partial charge < -0.3 is 77.7 Å². The largest absolute Gasteiger partial charge is 0.460 e. The normalized spacial score (nSPS) is 16.1.